The number of hydrogen-bond donors (Lipinski definition) is 1. The number of ether oxygens (including phenoxy) is 3. The van der Waals surface area contributed by atoms with E-state index in [1.54, 1.807) is 4.90 Å². The average Bonchev–Trinajstić information content (AvgIpc) is 2.59. The summed E-state index contributed by atoms with van der Waals surface area (Å²) in [7, 11) is 1.31. The fraction of sp³-hybridized carbons (Fsp3) is 0.875. The number of urea groups is 1. The molecule has 1 saturated heterocycles. The number of carbonyl (C=O) groups excluding carboxylic acids is 2. The number of esters is 1. The maximum Gasteiger partial charge on any atom is 0.336 e. The van der Waals surface area contributed by atoms with Crippen LogP contribution in [0.25, 0.3) is 0 Å². The van der Waals surface area contributed by atoms with Crippen molar-refractivity contribution in [1.29, 1.82) is 0 Å². The zero-order valence-corrected chi connectivity index (χ0v) is 14.1. The normalized spacial score (nSPS) is 28.3. The van der Waals surface area contributed by atoms with E-state index < -0.39 is 12.1 Å². The van der Waals surface area contributed by atoms with Crippen LogP contribution in [0.1, 0.15) is 32.6 Å². The Kier molecular flexibility index (Phi) is 7.11. The van der Waals surface area contributed by atoms with Crippen LogP contribution >= 0.6 is 0 Å². The number of hydrogen-bond acceptors (Lipinski definition) is 5. The van der Waals surface area contributed by atoms with E-state index in [4.69, 9.17) is 9.47 Å². The van der Waals surface area contributed by atoms with Gasteiger partial charge in [-0.15, -0.1) is 0 Å². The Morgan fingerprint density at radius 2 is 2.09 bits per heavy atom. The number of methoxy groups -OCH3 is 1. The van der Waals surface area contributed by atoms with Crippen molar-refractivity contribution < 1.29 is 23.8 Å². The Balaban J connectivity index is 1.65. The van der Waals surface area contributed by atoms with Crippen LogP contribution in [0.2, 0.25) is 0 Å². The lowest BCUT2D eigenvalue weighted by molar-refractivity contribution is -0.158. The van der Waals surface area contributed by atoms with Crippen molar-refractivity contribution in [3.05, 3.63) is 0 Å². The van der Waals surface area contributed by atoms with Gasteiger partial charge in [-0.2, -0.15) is 0 Å². The predicted molar refractivity (Wildman–Crippen MR) is 84.1 cm³/mol. The van der Waals surface area contributed by atoms with E-state index in [2.05, 4.69) is 17.0 Å². The summed E-state index contributed by atoms with van der Waals surface area (Å²) in [6.45, 7) is 4.25. The molecular weight excluding hydrogens is 300 g/mol. The molecule has 1 aliphatic carbocycles. The quantitative estimate of drug-likeness (QED) is 0.605. The summed E-state index contributed by atoms with van der Waals surface area (Å²) in [6, 6.07) is -0.192. The molecule has 0 aromatic rings. The number of amides is 2. The zero-order chi connectivity index (χ0) is 16.7. The van der Waals surface area contributed by atoms with E-state index in [0.717, 1.165) is 6.42 Å². The standard InChI is InChI=1S/C16H28N2O5/c1-12-5-3-4-6-13(12)22-9-7-17-16(20)18-8-10-23-14(11-18)15(19)21-2/h12-14H,3-11H2,1-2H3,(H,17,20). The summed E-state index contributed by atoms with van der Waals surface area (Å²) < 4.78 is 15.8. The van der Waals surface area contributed by atoms with Gasteiger partial charge in [-0.3, -0.25) is 0 Å². The highest BCUT2D eigenvalue weighted by molar-refractivity contribution is 5.78. The van der Waals surface area contributed by atoms with Crippen LogP contribution < -0.4 is 5.32 Å². The molecule has 0 bridgehead atoms. The third-order valence-corrected chi connectivity index (χ3v) is 4.56. The molecule has 1 aliphatic heterocycles. The molecule has 7 heteroatoms. The Hall–Kier alpha value is -1.34. The van der Waals surface area contributed by atoms with Gasteiger partial charge in [0.2, 0.25) is 0 Å². The summed E-state index contributed by atoms with van der Waals surface area (Å²) in [6.07, 6.45) is 4.46. The Morgan fingerprint density at radius 3 is 2.83 bits per heavy atom. The summed E-state index contributed by atoms with van der Waals surface area (Å²) in [5.74, 6) is 0.150. The molecule has 3 unspecified atom stereocenters. The molecule has 2 aliphatic rings. The molecule has 2 rings (SSSR count). The highest BCUT2D eigenvalue weighted by atomic mass is 16.6. The van der Waals surface area contributed by atoms with Crippen molar-refractivity contribution in [1.82, 2.24) is 10.2 Å². The topological polar surface area (TPSA) is 77.1 Å². The smallest absolute Gasteiger partial charge is 0.336 e. The van der Waals surface area contributed by atoms with Crippen molar-refractivity contribution in [2.24, 2.45) is 5.92 Å². The van der Waals surface area contributed by atoms with E-state index in [0.29, 0.717) is 38.3 Å². The lowest BCUT2D eigenvalue weighted by Crippen LogP contribution is -2.52. The van der Waals surface area contributed by atoms with Gasteiger partial charge in [0.25, 0.3) is 0 Å². The fourth-order valence-corrected chi connectivity index (χ4v) is 3.12. The first-order valence-electron chi connectivity index (χ1n) is 8.45. The van der Waals surface area contributed by atoms with Crippen molar-refractivity contribution in [3.8, 4) is 0 Å². The molecule has 1 heterocycles. The highest BCUT2D eigenvalue weighted by Gasteiger charge is 2.29. The van der Waals surface area contributed by atoms with Gasteiger partial charge in [-0.1, -0.05) is 19.8 Å². The first-order chi connectivity index (χ1) is 11.1. The second-order valence-corrected chi connectivity index (χ2v) is 6.23. The molecule has 1 saturated carbocycles. The molecule has 23 heavy (non-hydrogen) atoms. The van der Waals surface area contributed by atoms with Crippen molar-refractivity contribution in [3.63, 3.8) is 0 Å². The van der Waals surface area contributed by atoms with Crippen molar-refractivity contribution in [2.75, 3.05) is 40.0 Å². The maximum absolute atomic E-state index is 12.1. The minimum Gasteiger partial charge on any atom is -0.467 e. The van der Waals surface area contributed by atoms with E-state index in [1.165, 1.54) is 26.4 Å². The number of rotatable bonds is 5. The molecular formula is C16H28N2O5. The molecule has 132 valence electrons. The van der Waals surface area contributed by atoms with Crippen LogP contribution in [-0.2, 0) is 19.0 Å². The second-order valence-electron chi connectivity index (χ2n) is 6.23. The van der Waals surface area contributed by atoms with E-state index in [1.807, 2.05) is 0 Å². The van der Waals surface area contributed by atoms with Crippen LogP contribution in [0, 0.1) is 5.92 Å². The van der Waals surface area contributed by atoms with E-state index in [9.17, 15) is 9.59 Å². The van der Waals surface area contributed by atoms with Crippen LogP contribution in [0.4, 0.5) is 4.79 Å². The monoisotopic (exact) mass is 328 g/mol. The SMILES string of the molecule is COC(=O)C1CN(C(=O)NCCOC2CCCCC2C)CCO1. The average molecular weight is 328 g/mol. The van der Waals surface area contributed by atoms with E-state index in [-0.39, 0.29) is 12.6 Å². The molecule has 0 radical (unpaired) electrons. The number of nitrogens with zero attached hydrogens (tertiary/aromatic N) is 1. The molecule has 7 nitrogen and oxygen atoms in total. The van der Waals surface area contributed by atoms with Gasteiger partial charge in [0.15, 0.2) is 6.10 Å². The minimum absolute atomic E-state index is 0.192. The predicted octanol–water partition coefficient (Wildman–Crippen LogP) is 1.17. The van der Waals surface area contributed by atoms with Crippen LogP contribution in [0.15, 0.2) is 0 Å². The first kappa shape index (κ1) is 18.0. The minimum atomic E-state index is -0.696. The van der Waals surface area contributed by atoms with Gasteiger partial charge in [0, 0.05) is 13.1 Å². The zero-order valence-electron chi connectivity index (χ0n) is 14.1. The molecule has 2 fully saturated rings. The van der Waals surface area contributed by atoms with E-state index >= 15 is 0 Å². The summed E-state index contributed by atoms with van der Waals surface area (Å²) in [5, 5.41) is 2.84. The summed E-state index contributed by atoms with van der Waals surface area (Å²) >= 11 is 0. The summed E-state index contributed by atoms with van der Waals surface area (Å²) in [4.78, 5) is 25.2. The van der Waals surface area contributed by atoms with Gasteiger partial charge in [-0.25, -0.2) is 9.59 Å². The van der Waals surface area contributed by atoms with Crippen LogP contribution in [0.5, 0.6) is 0 Å². The largest absolute Gasteiger partial charge is 0.467 e. The van der Waals surface area contributed by atoms with Crippen molar-refractivity contribution in [2.45, 2.75) is 44.8 Å². The number of nitrogens with one attached hydrogen (secondary N) is 1. The Labute approximate surface area is 137 Å². The number of carbonyl (C=O) groups is 2. The maximum atomic E-state index is 12.1. The lowest BCUT2D eigenvalue weighted by atomic mass is 9.88. The van der Waals surface area contributed by atoms with Crippen LogP contribution in [0.3, 0.4) is 0 Å². The highest BCUT2D eigenvalue weighted by Crippen LogP contribution is 2.25. The van der Waals surface area contributed by atoms with Gasteiger partial charge >= 0.3 is 12.0 Å². The van der Waals surface area contributed by atoms with Gasteiger partial charge in [0.1, 0.15) is 0 Å². The molecule has 2 amide bonds. The summed E-state index contributed by atoms with van der Waals surface area (Å²) in [5.41, 5.74) is 0. The van der Waals surface area contributed by atoms with Crippen molar-refractivity contribution >= 4 is 12.0 Å². The lowest BCUT2D eigenvalue weighted by Gasteiger charge is -2.32. The molecule has 0 aromatic carbocycles. The van der Waals surface area contributed by atoms with Gasteiger partial charge in [-0.05, 0) is 18.8 Å². The molecule has 3 atom stereocenters. The Morgan fingerprint density at radius 1 is 1.30 bits per heavy atom. The fourth-order valence-electron chi connectivity index (χ4n) is 3.12. The molecule has 0 aromatic heterocycles. The van der Waals surface area contributed by atoms with Gasteiger partial charge < -0.3 is 24.4 Å². The second kappa shape index (κ2) is 9.08. The third kappa shape index (κ3) is 5.35. The van der Waals surface area contributed by atoms with Crippen LogP contribution in [-0.4, -0.2) is 69.1 Å². The Bertz CT molecular complexity index is 404. The number of morpholine rings is 1. The molecule has 0 spiro atoms. The van der Waals surface area contributed by atoms with Gasteiger partial charge in [0.05, 0.1) is 33.0 Å². The molecule has 1 N–H and O–H groups in total. The third-order valence-electron chi connectivity index (χ3n) is 4.56. The first-order valence-corrected chi connectivity index (χ1v) is 8.45.